The van der Waals surface area contributed by atoms with Crippen LogP contribution in [0, 0.1) is 13.8 Å². The van der Waals surface area contributed by atoms with E-state index in [2.05, 4.69) is 10.6 Å². The monoisotopic (exact) mass is 252 g/mol. The standard InChI is InChI=1S/C13H17ClN2O/c1-4-5-6-15-13(17)16-12-10(3)7-9(2)8-11(12)14/h5-8H,4H2,1-3H3,(H2,15,16,17)/b6-5+. The number of allylic oxidation sites excluding steroid dienone is 1. The molecule has 2 amide bonds. The van der Waals surface area contributed by atoms with Crippen LogP contribution in [-0.4, -0.2) is 6.03 Å². The first-order valence-electron chi connectivity index (χ1n) is 5.54. The first-order chi connectivity index (χ1) is 8.04. The number of hydrogen-bond donors (Lipinski definition) is 2. The Morgan fingerprint density at radius 1 is 1.41 bits per heavy atom. The Bertz CT molecular complexity index is 418. The topological polar surface area (TPSA) is 41.1 Å². The molecule has 0 saturated carbocycles. The van der Waals surface area contributed by atoms with Crippen molar-refractivity contribution < 1.29 is 4.79 Å². The first kappa shape index (κ1) is 13.6. The van der Waals surface area contributed by atoms with Crippen molar-refractivity contribution in [3.05, 3.63) is 40.6 Å². The molecule has 0 aliphatic heterocycles. The fourth-order valence-electron chi connectivity index (χ4n) is 1.48. The van der Waals surface area contributed by atoms with Gasteiger partial charge in [0.05, 0.1) is 10.7 Å². The number of benzene rings is 1. The van der Waals surface area contributed by atoms with Crippen molar-refractivity contribution >= 4 is 23.3 Å². The van der Waals surface area contributed by atoms with E-state index in [0.29, 0.717) is 10.7 Å². The normalized spacial score (nSPS) is 10.6. The number of nitrogens with one attached hydrogen (secondary N) is 2. The van der Waals surface area contributed by atoms with Gasteiger partial charge in [-0.05, 0) is 37.5 Å². The molecule has 0 aliphatic carbocycles. The summed E-state index contributed by atoms with van der Waals surface area (Å²) in [5.74, 6) is 0. The van der Waals surface area contributed by atoms with Crippen LogP contribution in [-0.2, 0) is 0 Å². The number of anilines is 1. The Morgan fingerprint density at radius 3 is 2.71 bits per heavy atom. The smallest absolute Gasteiger partial charge is 0.315 e. The van der Waals surface area contributed by atoms with E-state index >= 15 is 0 Å². The van der Waals surface area contributed by atoms with E-state index in [1.165, 1.54) is 0 Å². The van der Waals surface area contributed by atoms with E-state index in [0.717, 1.165) is 17.5 Å². The van der Waals surface area contributed by atoms with Crippen LogP contribution < -0.4 is 10.6 Å². The summed E-state index contributed by atoms with van der Waals surface area (Å²) in [6, 6.07) is 3.51. The predicted octanol–water partition coefficient (Wildman–Crippen LogP) is 4.00. The highest BCUT2D eigenvalue weighted by Gasteiger charge is 2.07. The molecule has 0 aromatic heterocycles. The molecule has 0 radical (unpaired) electrons. The zero-order valence-corrected chi connectivity index (χ0v) is 11.1. The summed E-state index contributed by atoms with van der Waals surface area (Å²) in [5, 5.41) is 5.90. The predicted molar refractivity (Wildman–Crippen MR) is 72.5 cm³/mol. The van der Waals surface area contributed by atoms with Gasteiger partial charge in [0.25, 0.3) is 0 Å². The van der Waals surface area contributed by atoms with Gasteiger partial charge in [0, 0.05) is 6.20 Å². The molecule has 0 fully saturated rings. The van der Waals surface area contributed by atoms with E-state index in [9.17, 15) is 4.79 Å². The average Bonchev–Trinajstić information content (AvgIpc) is 2.24. The number of hydrogen-bond acceptors (Lipinski definition) is 1. The van der Waals surface area contributed by atoms with E-state index < -0.39 is 0 Å². The van der Waals surface area contributed by atoms with Gasteiger partial charge in [-0.1, -0.05) is 30.7 Å². The molecule has 0 saturated heterocycles. The third kappa shape index (κ3) is 4.11. The lowest BCUT2D eigenvalue weighted by molar-refractivity contribution is 0.255. The molecule has 0 unspecified atom stereocenters. The maximum atomic E-state index is 11.5. The van der Waals surface area contributed by atoms with Gasteiger partial charge < -0.3 is 10.6 Å². The van der Waals surface area contributed by atoms with E-state index in [-0.39, 0.29) is 6.03 Å². The van der Waals surface area contributed by atoms with E-state index in [1.54, 1.807) is 6.20 Å². The summed E-state index contributed by atoms with van der Waals surface area (Å²) >= 11 is 6.08. The number of rotatable bonds is 3. The Balaban J connectivity index is 2.75. The Kier molecular flexibility index (Phi) is 5.04. The molecular formula is C13H17ClN2O. The minimum atomic E-state index is -0.288. The Hall–Kier alpha value is -1.48. The number of carbonyl (C=O) groups excluding carboxylic acids is 1. The number of urea groups is 1. The molecular weight excluding hydrogens is 236 g/mol. The lowest BCUT2D eigenvalue weighted by Gasteiger charge is -2.11. The van der Waals surface area contributed by atoms with Gasteiger partial charge in [-0.15, -0.1) is 0 Å². The van der Waals surface area contributed by atoms with E-state index in [4.69, 9.17) is 11.6 Å². The number of carbonyl (C=O) groups is 1. The largest absolute Gasteiger partial charge is 0.323 e. The van der Waals surface area contributed by atoms with Crippen molar-refractivity contribution in [2.45, 2.75) is 27.2 Å². The van der Waals surface area contributed by atoms with Crippen LogP contribution in [0.2, 0.25) is 5.02 Å². The maximum absolute atomic E-state index is 11.5. The van der Waals surface area contributed by atoms with Crippen molar-refractivity contribution in [2.24, 2.45) is 0 Å². The molecule has 0 spiro atoms. The zero-order valence-electron chi connectivity index (χ0n) is 10.3. The highest BCUT2D eigenvalue weighted by Crippen LogP contribution is 2.27. The van der Waals surface area contributed by atoms with Crippen molar-refractivity contribution in [2.75, 3.05) is 5.32 Å². The average molecular weight is 253 g/mol. The molecule has 17 heavy (non-hydrogen) atoms. The van der Waals surface area contributed by atoms with Crippen molar-refractivity contribution in [1.29, 1.82) is 0 Å². The molecule has 1 rings (SSSR count). The first-order valence-corrected chi connectivity index (χ1v) is 5.91. The highest BCUT2D eigenvalue weighted by molar-refractivity contribution is 6.34. The Morgan fingerprint density at radius 2 is 2.12 bits per heavy atom. The summed E-state index contributed by atoms with van der Waals surface area (Å²) in [4.78, 5) is 11.5. The van der Waals surface area contributed by atoms with Gasteiger partial charge in [0.15, 0.2) is 0 Å². The molecule has 1 aromatic carbocycles. The molecule has 2 N–H and O–H groups in total. The Labute approximate surface area is 107 Å². The molecule has 92 valence electrons. The fourth-order valence-corrected chi connectivity index (χ4v) is 1.84. The summed E-state index contributed by atoms with van der Waals surface area (Å²) in [7, 11) is 0. The number of halogens is 1. The lowest BCUT2D eigenvalue weighted by atomic mass is 10.1. The van der Waals surface area contributed by atoms with Crippen LogP contribution >= 0.6 is 11.6 Å². The quantitative estimate of drug-likeness (QED) is 0.839. The molecule has 1 aromatic rings. The zero-order chi connectivity index (χ0) is 12.8. The molecule has 4 heteroatoms. The van der Waals surface area contributed by atoms with Crippen LogP contribution in [0.1, 0.15) is 24.5 Å². The van der Waals surface area contributed by atoms with Crippen molar-refractivity contribution in [1.82, 2.24) is 5.32 Å². The molecule has 3 nitrogen and oxygen atoms in total. The van der Waals surface area contributed by atoms with Gasteiger partial charge in [0.1, 0.15) is 0 Å². The maximum Gasteiger partial charge on any atom is 0.323 e. The van der Waals surface area contributed by atoms with Gasteiger partial charge in [-0.2, -0.15) is 0 Å². The summed E-state index contributed by atoms with van der Waals surface area (Å²) in [6.45, 7) is 5.88. The minimum absolute atomic E-state index is 0.288. The molecule has 0 aliphatic rings. The SMILES string of the molecule is CC/C=C/NC(=O)Nc1c(C)cc(C)cc1Cl. The number of amides is 2. The van der Waals surface area contributed by atoms with Gasteiger partial charge >= 0.3 is 6.03 Å². The summed E-state index contributed by atoms with van der Waals surface area (Å²) < 4.78 is 0. The molecule has 0 heterocycles. The van der Waals surface area contributed by atoms with E-state index in [1.807, 2.05) is 39.0 Å². The van der Waals surface area contributed by atoms with Crippen LogP contribution in [0.25, 0.3) is 0 Å². The fraction of sp³-hybridized carbons (Fsp3) is 0.308. The highest BCUT2D eigenvalue weighted by atomic mass is 35.5. The second-order valence-corrected chi connectivity index (χ2v) is 4.25. The molecule has 0 atom stereocenters. The lowest BCUT2D eigenvalue weighted by Crippen LogP contribution is -2.24. The van der Waals surface area contributed by atoms with Gasteiger partial charge in [-0.25, -0.2) is 4.79 Å². The van der Waals surface area contributed by atoms with Crippen LogP contribution in [0.5, 0.6) is 0 Å². The molecule has 0 bridgehead atoms. The summed E-state index contributed by atoms with van der Waals surface area (Å²) in [5.41, 5.74) is 2.67. The third-order valence-electron chi connectivity index (χ3n) is 2.24. The van der Waals surface area contributed by atoms with Crippen molar-refractivity contribution in [3.63, 3.8) is 0 Å². The third-order valence-corrected chi connectivity index (χ3v) is 2.54. The van der Waals surface area contributed by atoms with Gasteiger partial charge in [-0.3, -0.25) is 0 Å². The summed E-state index contributed by atoms with van der Waals surface area (Å²) in [6.07, 6.45) is 4.36. The van der Waals surface area contributed by atoms with Crippen LogP contribution in [0.15, 0.2) is 24.4 Å². The van der Waals surface area contributed by atoms with Gasteiger partial charge in [0.2, 0.25) is 0 Å². The second-order valence-electron chi connectivity index (χ2n) is 3.85. The van der Waals surface area contributed by atoms with Crippen molar-refractivity contribution in [3.8, 4) is 0 Å². The van der Waals surface area contributed by atoms with Crippen LogP contribution in [0.3, 0.4) is 0 Å². The number of aryl methyl sites for hydroxylation is 2. The minimum Gasteiger partial charge on any atom is -0.315 e. The van der Waals surface area contributed by atoms with Crippen LogP contribution in [0.4, 0.5) is 10.5 Å². The second kappa shape index (κ2) is 6.30.